The number of nitrogens with one attached hydrogen (secondary N) is 3. The molecule has 1 aliphatic heterocycles. The van der Waals surface area contributed by atoms with Crippen molar-refractivity contribution in [2.24, 2.45) is 0 Å². The van der Waals surface area contributed by atoms with Gasteiger partial charge >= 0.3 is 0 Å². The molecule has 1 aromatic carbocycles. The minimum atomic E-state index is -3.63. The van der Waals surface area contributed by atoms with Crippen molar-refractivity contribution in [1.82, 2.24) is 14.8 Å². The van der Waals surface area contributed by atoms with Crippen LogP contribution in [-0.4, -0.2) is 42.0 Å². The molecule has 1 aromatic rings. The predicted molar refractivity (Wildman–Crippen MR) is 86.0 cm³/mol. The fourth-order valence-corrected chi connectivity index (χ4v) is 5.12. The second-order valence-electron chi connectivity index (χ2n) is 6.01. The number of rotatable bonds is 6. The molecule has 7 nitrogen and oxygen atoms in total. The Morgan fingerprint density at radius 3 is 1.52 bits per heavy atom. The molecule has 0 bridgehead atoms. The lowest BCUT2D eigenvalue weighted by molar-refractivity contribution is 0.427. The lowest BCUT2D eigenvalue weighted by atomic mass is 10.1. The first-order chi connectivity index (χ1) is 10.9. The van der Waals surface area contributed by atoms with Crippen molar-refractivity contribution in [3.8, 4) is 0 Å². The summed E-state index contributed by atoms with van der Waals surface area (Å²) in [6.07, 6.45) is 3.20. The van der Waals surface area contributed by atoms with Crippen LogP contribution in [0.5, 0.6) is 0 Å². The van der Waals surface area contributed by atoms with E-state index in [1.807, 2.05) is 0 Å². The van der Waals surface area contributed by atoms with Gasteiger partial charge in [-0.15, -0.1) is 0 Å². The average Bonchev–Trinajstić information content (AvgIpc) is 3.31. The largest absolute Gasteiger partial charge is 0.317 e. The fourth-order valence-electron chi connectivity index (χ4n) is 2.51. The molecule has 0 radical (unpaired) electrons. The van der Waals surface area contributed by atoms with Crippen molar-refractivity contribution >= 4 is 20.0 Å². The first-order valence-corrected chi connectivity index (χ1v) is 10.7. The Hall–Kier alpha value is -1.00. The highest BCUT2D eigenvalue weighted by atomic mass is 32.2. The smallest absolute Gasteiger partial charge is 0.240 e. The van der Waals surface area contributed by atoms with Crippen molar-refractivity contribution in [1.29, 1.82) is 0 Å². The van der Waals surface area contributed by atoms with Crippen molar-refractivity contribution in [3.63, 3.8) is 0 Å². The highest BCUT2D eigenvalue weighted by Gasteiger charge is 2.28. The maximum Gasteiger partial charge on any atom is 0.240 e. The lowest BCUT2D eigenvalue weighted by Gasteiger charge is -2.23. The van der Waals surface area contributed by atoms with Crippen LogP contribution in [0.1, 0.15) is 25.7 Å². The standard InChI is InChI=1S/C14H21N3O4S2/c18-22(19,16-11-1-2-11)13-3-5-14(6-4-13)23(20,21)17-12-7-9-15-10-8-12/h3-6,11-12,15-17H,1-2,7-10H2. The van der Waals surface area contributed by atoms with Gasteiger partial charge in [0.2, 0.25) is 20.0 Å². The average molecular weight is 359 g/mol. The number of piperidine rings is 1. The van der Waals surface area contributed by atoms with E-state index in [0.29, 0.717) is 0 Å². The maximum atomic E-state index is 12.4. The molecule has 3 rings (SSSR count). The molecular formula is C14H21N3O4S2. The van der Waals surface area contributed by atoms with E-state index >= 15 is 0 Å². The Morgan fingerprint density at radius 1 is 0.739 bits per heavy atom. The highest BCUT2D eigenvalue weighted by Crippen LogP contribution is 2.23. The van der Waals surface area contributed by atoms with Crippen molar-refractivity contribution in [2.75, 3.05) is 13.1 Å². The summed E-state index contributed by atoms with van der Waals surface area (Å²) in [6.45, 7) is 1.58. The van der Waals surface area contributed by atoms with Gasteiger partial charge in [0.25, 0.3) is 0 Å². The minimum absolute atomic E-state index is 0.0185. The topological polar surface area (TPSA) is 104 Å². The van der Waals surface area contributed by atoms with Gasteiger partial charge in [-0.2, -0.15) is 0 Å². The Kier molecular flexibility index (Phi) is 4.75. The van der Waals surface area contributed by atoms with Gasteiger partial charge in [0.15, 0.2) is 0 Å². The zero-order chi connectivity index (χ0) is 16.5. The van der Waals surface area contributed by atoms with Crippen molar-refractivity contribution in [3.05, 3.63) is 24.3 Å². The first kappa shape index (κ1) is 16.8. The summed E-state index contributed by atoms with van der Waals surface area (Å²) in [5.74, 6) is 0. The van der Waals surface area contributed by atoms with E-state index in [9.17, 15) is 16.8 Å². The van der Waals surface area contributed by atoms with E-state index in [1.54, 1.807) is 0 Å². The number of hydrogen-bond acceptors (Lipinski definition) is 5. The summed E-state index contributed by atoms with van der Waals surface area (Å²) in [5, 5.41) is 3.18. The normalized spacial score (nSPS) is 20.5. The van der Waals surface area contributed by atoms with E-state index in [0.717, 1.165) is 38.8 Å². The molecular weight excluding hydrogens is 338 g/mol. The molecule has 2 fully saturated rings. The van der Waals surface area contributed by atoms with Crippen LogP contribution >= 0.6 is 0 Å². The van der Waals surface area contributed by atoms with E-state index < -0.39 is 20.0 Å². The lowest BCUT2D eigenvalue weighted by Crippen LogP contribution is -2.42. The molecule has 1 heterocycles. The fraction of sp³-hybridized carbons (Fsp3) is 0.571. The molecule has 0 unspecified atom stereocenters. The van der Waals surface area contributed by atoms with Gasteiger partial charge < -0.3 is 5.32 Å². The predicted octanol–water partition coefficient (Wildman–Crippen LogP) is 0.158. The molecule has 9 heteroatoms. The molecule has 0 spiro atoms. The van der Waals surface area contributed by atoms with E-state index in [2.05, 4.69) is 14.8 Å². The van der Waals surface area contributed by atoms with Gasteiger partial charge in [0, 0.05) is 12.1 Å². The third-order valence-corrected chi connectivity index (χ3v) is 7.08. The number of benzene rings is 1. The van der Waals surface area contributed by atoms with Crippen LogP contribution in [0.15, 0.2) is 34.1 Å². The highest BCUT2D eigenvalue weighted by molar-refractivity contribution is 7.90. The Labute approximate surface area is 137 Å². The Morgan fingerprint density at radius 2 is 1.13 bits per heavy atom. The van der Waals surface area contributed by atoms with Gasteiger partial charge in [0.05, 0.1) is 9.79 Å². The molecule has 3 N–H and O–H groups in total. The van der Waals surface area contributed by atoms with Crippen LogP contribution < -0.4 is 14.8 Å². The van der Waals surface area contributed by atoms with Crippen LogP contribution in [0.2, 0.25) is 0 Å². The quantitative estimate of drug-likeness (QED) is 0.671. The minimum Gasteiger partial charge on any atom is -0.317 e. The van der Waals surface area contributed by atoms with E-state index in [1.165, 1.54) is 24.3 Å². The molecule has 0 aromatic heterocycles. The van der Waals surface area contributed by atoms with Crippen molar-refractivity contribution < 1.29 is 16.8 Å². The third kappa shape index (κ3) is 4.30. The van der Waals surface area contributed by atoms with E-state index in [-0.39, 0.29) is 21.9 Å². The van der Waals surface area contributed by atoms with Gasteiger partial charge in [-0.3, -0.25) is 0 Å². The second-order valence-corrected chi connectivity index (χ2v) is 9.44. The first-order valence-electron chi connectivity index (χ1n) is 7.72. The summed E-state index contributed by atoms with van der Waals surface area (Å²) in [4.78, 5) is 0.173. The summed E-state index contributed by atoms with van der Waals surface area (Å²) in [7, 11) is -7.19. The van der Waals surface area contributed by atoms with Crippen LogP contribution in [0.25, 0.3) is 0 Å². The molecule has 1 saturated carbocycles. The van der Waals surface area contributed by atoms with Gasteiger partial charge in [-0.05, 0) is 63.0 Å². The molecule has 1 aliphatic carbocycles. The Balaban J connectivity index is 1.72. The third-order valence-electron chi connectivity index (χ3n) is 4.00. The summed E-state index contributed by atoms with van der Waals surface area (Å²) < 4.78 is 54.1. The van der Waals surface area contributed by atoms with Crippen LogP contribution in [-0.2, 0) is 20.0 Å². The number of hydrogen-bond donors (Lipinski definition) is 3. The van der Waals surface area contributed by atoms with Gasteiger partial charge in [-0.1, -0.05) is 0 Å². The zero-order valence-electron chi connectivity index (χ0n) is 12.7. The number of sulfonamides is 2. The summed E-state index contributed by atoms with van der Waals surface area (Å²) >= 11 is 0. The molecule has 0 amide bonds. The van der Waals surface area contributed by atoms with Gasteiger partial charge in [0.1, 0.15) is 0 Å². The van der Waals surface area contributed by atoms with Crippen molar-refractivity contribution in [2.45, 2.75) is 47.6 Å². The molecule has 1 saturated heterocycles. The van der Waals surface area contributed by atoms with Crippen LogP contribution in [0.4, 0.5) is 0 Å². The Bertz CT molecular complexity index is 750. The molecule has 0 atom stereocenters. The van der Waals surface area contributed by atoms with E-state index in [4.69, 9.17) is 0 Å². The molecule has 23 heavy (non-hydrogen) atoms. The van der Waals surface area contributed by atoms with Crippen LogP contribution in [0.3, 0.4) is 0 Å². The molecule has 128 valence electrons. The second kappa shape index (κ2) is 6.48. The van der Waals surface area contributed by atoms with Gasteiger partial charge in [-0.25, -0.2) is 26.3 Å². The maximum absolute atomic E-state index is 12.4. The molecule has 2 aliphatic rings. The monoisotopic (exact) mass is 359 g/mol. The summed E-state index contributed by atoms with van der Waals surface area (Å²) in [5.41, 5.74) is 0. The summed E-state index contributed by atoms with van der Waals surface area (Å²) in [6, 6.07) is 5.28. The zero-order valence-corrected chi connectivity index (χ0v) is 14.3. The SMILES string of the molecule is O=S(=O)(NC1CCNCC1)c1ccc(S(=O)(=O)NC2CC2)cc1. The van der Waals surface area contributed by atoms with Crippen LogP contribution in [0, 0.1) is 0 Å².